The molecule has 0 spiro atoms. The number of nitrogens with zero attached hydrogens (tertiary/aromatic N) is 1. The topological polar surface area (TPSA) is 72.7 Å². The highest BCUT2D eigenvalue weighted by atomic mass is 127. The summed E-state index contributed by atoms with van der Waals surface area (Å²) in [6.07, 6.45) is 0. The van der Waals surface area contributed by atoms with Gasteiger partial charge in [-0.2, -0.15) is 5.23 Å². The van der Waals surface area contributed by atoms with Crippen LogP contribution < -0.4 is 10.5 Å². The lowest BCUT2D eigenvalue weighted by Gasteiger charge is -2.13. The fourth-order valence-electron chi connectivity index (χ4n) is 2.76. The lowest BCUT2D eigenvalue weighted by molar-refractivity contribution is -0.991. The van der Waals surface area contributed by atoms with E-state index in [1.807, 2.05) is 58.3 Å². The van der Waals surface area contributed by atoms with Crippen molar-refractivity contribution in [1.29, 1.82) is 0 Å². The largest absolute Gasteiger partial charge is 0.595 e. The monoisotopic (exact) mass is 475 g/mol. The first-order chi connectivity index (χ1) is 12.6. The Morgan fingerprint density at radius 2 is 1.88 bits per heavy atom. The second-order valence-electron chi connectivity index (χ2n) is 5.69. The molecule has 0 fully saturated rings. The highest BCUT2D eigenvalue weighted by molar-refractivity contribution is 14.1. The fraction of sp³-hybridized carbons (Fsp3) is 0. The third-order valence-corrected chi connectivity index (χ3v) is 5.73. The minimum absolute atomic E-state index is 0.291. The zero-order valence-electron chi connectivity index (χ0n) is 13.4. The van der Waals surface area contributed by atoms with Gasteiger partial charge in [0.25, 0.3) is 0 Å². The first kappa shape index (κ1) is 17.4. The quantitative estimate of drug-likeness (QED) is 0.295. The Labute approximate surface area is 167 Å². The van der Waals surface area contributed by atoms with E-state index in [1.165, 1.54) is 11.3 Å². The molecule has 4 rings (SSSR count). The summed E-state index contributed by atoms with van der Waals surface area (Å²) in [5.41, 5.74) is 2.85. The molecule has 1 heterocycles. The minimum Gasteiger partial charge on any atom is -0.595 e. The zero-order chi connectivity index (χ0) is 18.1. The Hall–Kier alpha value is -2.04. The molecule has 0 amide bonds. The summed E-state index contributed by atoms with van der Waals surface area (Å²) in [6, 6.07) is 19.7. The van der Waals surface area contributed by atoms with Gasteiger partial charge in [-0.25, -0.2) is 10.2 Å². The number of hydrogen-bond acceptors (Lipinski definition) is 5. The number of hydrogen-bond donors (Lipinski definition) is 3. The van der Waals surface area contributed by atoms with Gasteiger partial charge in [0.2, 0.25) is 0 Å². The van der Waals surface area contributed by atoms with Crippen LogP contribution in [0.5, 0.6) is 0 Å². The highest BCUT2D eigenvalue weighted by Gasteiger charge is 2.12. The average molecular weight is 475 g/mol. The van der Waals surface area contributed by atoms with E-state index < -0.39 is 5.23 Å². The van der Waals surface area contributed by atoms with E-state index in [1.54, 1.807) is 12.1 Å². The van der Waals surface area contributed by atoms with Crippen LogP contribution in [0, 0.1) is 8.78 Å². The Morgan fingerprint density at radius 1 is 1.08 bits per heavy atom. The van der Waals surface area contributed by atoms with Crippen LogP contribution in [0.3, 0.4) is 0 Å². The maximum absolute atomic E-state index is 11.3. The number of benzene rings is 3. The van der Waals surface area contributed by atoms with Crippen LogP contribution in [-0.2, 0) is 0 Å². The molecule has 3 N–H and O–H groups in total. The molecule has 0 aliphatic rings. The van der Waals surface area contributed by atoms with Crippen molar-refractivity contribution in [3.8, 4) is 11.3 Å². The molecule has 3 aromatic carbocycles. The Bertz CT molecular complexity index is 1080. The van der Waals surface area contributed by atoms with Gasteiger partial charge in [0.05, 0.1) is 9.26 Å². The maximum Gasteiger partial charge on any atom is 0.187 e. The number of thiazole rings is 1. The van der Waals surface area contributed by atoms with Crippen molar-refractivity contribution in [2.45, 2.75) is 0 Å². The van der Waals surface area contributed by atoms with Crippen molar-refractivity contribution >= 4 is 61.2 Å². The molecule has 4 aromatic rings. The van der Waals surface area contributed by atoms with E-state index in [0.717, 1.165) is 32.8 Å². The summed E-state index contributed by atoms with van der Waals surface area (Å²) in [5, 5.41) is 28.1. The van der Waals surface area contributed by atoms with Crippen LogP contribution in [-0.4, -0.2) is 10.2 Å². The van der Waals surface area contributed by atoms with E-state index in [-0.39, 0.29) is 0 Å². The van der Waals surface area contributed by atoms with Crippen LogP contribution >= 0.6 is 33.9 Å². The first-order valence-corrected chi connectivity index (χ1v) is 9.81. The lowest BCUT2D eigenvalue weighted by atomic mass is 10.1. The number of aromatic nitrogens is 1. The van der Waals surface area contributed by atoms with Crippen LogP contribution in [0.1, 0.15) is 0 Å². The molecule has 1 atom stereocenters. The molecule has 0 saturated carbocycles. The normalized spacial score (nSPS) is 12.3. The molecule has 1 aromatic heterocycles. The van der Waals surface area contributed by atoms with E-state index >= 15 is 0 Å². The summed E-state index contributed by atoms with van der Waals surface area (Å²) in [7, 11) is 0. The van der Waals surface area contributed by atoms with Gasteiger partial charge in [-0.1, -0.05) is 42.5 Å². The van der Waals surface area contributed by atoms with Crippen molar-refractivity contribution in [2.75, 3.05) is 5.32 Å². The Kier molecular flexibility index (Phi) is 4.88. The number of quaternary nitrogens is 1. The summed E-state index contributed by atoms with van der Waals surface area (Å²) in [6.45, 7) is 0. The Morgan fingerprint density at radius 3 is 2.73 bits per heavy atom. The summed E-state index contributed by atoms with van der Waals surface area (Å²) < 4.78 is 0.711. The predicted octanol–water partition coefficient (Wildman–Crippen LogP) is 4.71. The molecular weight excluding hydrogens is 461 g/mol. The van der Waals surface area contributed by atoms with Gasteiger partial charge in [-0.05, 0) is 40.1 Å². The average Bonchev–Trinajstić information content (AvgIpc) is 3.11. The minimum atomic E-state index is -0.930. The van der Waals surface area contributed by atoms with E-state index in [9.17, 15) is 10.4 Å². The van der Waals surface area contributed by atoms with Crippen LogP contribution in [0.15, 0.2) is 66.0 Å². The molecule has 7 heteroatoms. The molecule has 0 aliphatic heterocycles. The molecule has 0 saturated heterocycles. The number of rotatable bonds is 4. The fourth-order valence-corrected chi connectivity index (χ4v) is 4.06. The Balaban J connectivity index is 1.65. The number of halogens is 1. The summed E-state index contributed by atoms with van der Waals surface area (Å²) >= 11 is 3.52. The molecule has 0 radical (unpaired) electrons. The van der Waals surface area contributed by atoms with Gasteiger partial charge in [-0.15, -0.1) is 11.3 Å². The van der Waals surface area contributed by atoms with Crippen molar-refractivity contribution < 1.29 is 10.4 Å². The van der Waals surface area contributed by atoms with Crippen LogP contribution in [0.25, 0.3) is 22.0 Å². The lowest BCUT2D eigenvalue weighted by Crippen LogP contribution is -2.99. The second kappa shape index (κ2) is 7.29. The van der Waals surface area contributed by atoms with E-state index in [2.05, 4.69) is 28.5 Å². The van der Waals surface area contributed by atoms with Gasteiger partial charge >= 0.3 is 0 Å². The van der Waals surface area contributed by atoms with Crippen molar-refractivity contribution in [3.63, 3.8) is 0 Å². The molecule has 130 valence electrons. The van der Waals surface area contributed by atoms with Gasteiger partial charge in [0, 0.05) is 28.1 Å². The zero-order valence-corrected chi connectivity index (χ0v) is 16.4. The predicted molar refractivity (Wildman–Crippen MR) is 113 cm³/mol. The molecule has 0 aliphatic carbocycles. The third-order valence-electron chi connectivity index (χ3n) is 4.03. The van der Waals surface area contributed by atoms with Gasteiger partial charge in [0.1, 0.15) is 0 Å². The number of fused-ring (bicyclic) bond motifs is 1. The first-order valence-electron chi connectivity index (χ1n) is 7.85. The summed E-state index contributed by atoms with van der Waals surface area (Å²) in [5.74, 6) is 0. The second-order valence-corrected chi connectivity index (χ2v) is 7.71. The summed E-state index contributed by atoms with van der Waals surface area (Å²) in [4.78, 5) is 4.62. The van der Waals surface area contributed by atoms with E-state index in [4.69, 9.17) is 0 Å². The highest BCUT2D eigenvalue weighted by Crippen LogP contribution is 2.31. The number of nitrogens with one attached hydrogen (secondary N) is 2. The van der Waals surface area contributed by atoms with Crippen molar-refractivity contribution in [3.05, 3.63) is 74.8 Å². The van der Waals surface area contributed by atoms with Crippen molar-refractivity contribution in [1.82, 2.24) is 4.98 Å². The van der Waals surface area contributed by atoms with E-state index in [0.29, 0.717) is 9.26 Å². The van der Waals surface area contributed by atoms with Crippen molar-refractivity contribution in [2.24, 2.45) is 0 Å². The molecular formula is C19H14IN3O2S. The molecule has 26 heavy (non-hydrogen) atoms. The standard InChI is InChI=1S/C19H14IN3O2S/c20-15-9-8-13(10-18(15)23(24)25)17-11-26-19(22-17)21-16-7-3-5-12-4-1-2-6-14(12)16/h1-11,23-24H,(H,21,22). The molecule has 5 nitrogen and oxygen atoms in total. The van der Waals surface area contributed by atoms with Crippen LogP contribution in [0.2, 0.25) is 0 Å². The van der Waals surface area contributed by atoms with Gasteiger partial charge in [0.15, 0.2) is 10.8 Å². The van der Waals surface area contributed by atoms with Crippen LogP contribution in [0.4, 0.5) is 16.5 Å². The SMILES string of the molecule is [O-][NH+](O)c1cc(-c2csc(Nc3cccc4ccccc34)n2)ccc1I. The molecule has 1 unspecified atom stereocenters. The third kappa shape index (κ3) is 3.44. The van der Waals surface area contributed by atoms with Gasteiger partial charge in [-0.3, -0.25) is 0 Å². The van der Waals surface area contributed by atoms with Gasteiger partial charge < -0.3 is 10.5 Å². The smallest absolute Gasteiger partial charge is 0.187 e. The number of anilines is 2. The molecule has 0 bridgehead atoms. The maximum atomic E-state index is 11.3.